The van der Waals surface area contributed by atoms with Gasteiger partial charge in [-0.15, -0.1) is 0 Å². The minimum absolute atomic E-state index is 0.233. The Morgan fingerprint density at radius 3 is 2.68 bits per heavy atom. The number of para-hydroxylation sites is 1. The van der Waals surface area contributed by atoms with E-state index in [1.54, 1.807) is 36.4 Å². The molecule has 3 aromatic carbocycles. The minimum atomic E-state index is -0.348. The molecular weight excluding hydrogens is 493 g/mol. The predicted octanol–water partition coefficient (Wildman–Crippen LogP) is 6.21. The van der Waals surface area contributed by atoms with E-state index in [0.717, 1.165) is 11.3 Å². The van der Waals surface area contributed by atoms with Crippen molar-refractivity contribution in [1.82, 2.24) is 5.32 Å². The number of benzene rings is 3. The summed E-state index contributed by atoms with van der Waals surface area (Å²) in [5.41, 5.74) is 2.80. The molecule has 1 fully saturated rings. The normalized spacial score (nSPS) is 15.4. The van der Waals surface area contributed by atoms with Crippen molar-refractivity contribution in [3.8, 4) is 5.75 Å². The van der Waals surface area contributed by atoms with Crippen LogP contribution in [0.5, 0.6) is 5.75 Å². The lowest BCUT2D eigenvalue weighted by atomic mass is 10.2. The van der Waals surface area contributed by atoms with Crippen molar-refractivity contribution in [2.75, 3.05) is 11.9 Å². The summed E-state index contributed by atoms with van der Waals surface area (Å²) in [5, 5.41) is 7.01. The van der Waals surface area contributed by atoms with Crippen LogP contribution in [0.4, 0.5) is 11.4 Å². The summed E-state index contributed by atoms with van der Waals surface area (Å²) in [6, 6.07) is 19.6. The van der Waals surface area contributed by atoms with Crippen LogP contribution in [0.15, 0.2) is 76.6 Å². The van der Waals surface area contributed by atoms with Crippen LogP contribution >= 0.6 is 35.0 Å². The van der Waals surface area contributed by atoms with Gasteiger partial charge in [-0.3, -0.25) is 9.59 Å². The first-order chi connectivity index (χ1) is 16.4. The molecule has 2 amide bonds. The van der Waals surface area contributed by atoms with E-state index in [-0.39, 0.29) is 18.4 Å². The number of carbonyl (C=O) groups excluding carboxylic acids is 2. The summed E-state index contributed by atoms with van der Waals surface area (Å²) >= 11 is 13.5. The highest BCUT2D eigenvalue weighted by molar-refractivity contribution is 8.18. The first-order valence-corrected chi connectivity index (χ1v) is 11.8. The van der Waals surface area contributed by atoms with E-state index in [1.807, 2.05) is 43.3 Å². The summed E-state index contributed by atoms with van der Waals surface area (Å²) in [4.78, 5) is 29.7. The highest BCUT2D eigenvalue weighted by Gasteiger charge is 2.24. The Balaban J connectivity index is 1.47. The number of hydrogen-bond acceptors (Lipinski definition) is 5. The van der Waals surface area contributed by atoms with E-state index in [1.165, 1.54) is 11.8 Å². The summed E-state index contributed by atoms with van der Waals surface area (Å²) in [7, 11) is 0. The fourth-order valence-electron chi connectivity index (χ4n) is 3.02. The van der Waals surface area contributed by atoms with Gasteiger partial charge in [-0.25, -0.2) is 4.99 Å². The van der Waals surface area contributed by atoms with E-state index in [2.05, 4.69) is 15.6 Å². The number of hydrogen-bond donors (Lipinski definition) is 2. The topological polar surface area (TPSA) is 79.8 Å². The first kappa shape index (κ1) is 23.9. The maximum atomic E-state index is 12.5. The minimum Gasteiger partial charge on any atom is -0.483 e. The molecule has 2 N–H and O–H groups in total. The van der Waals surface area contributed by atoms with Gasteiger partial charge in [0, 0.05) is 21.3 Å². The Labute approximate surface area is 211 Å². The Morgan fingerprint density at radius 1 is 1.12 bits per heavy atom. The van der Waals surface area contributed by atoms with Crippen LogP contribution in [-0.4, -0.2) is 23.6 Å². The molecule has 34 heavy (non-hydrogen) atoms. The highest BCUT2D eigenvalue weighted by Crippen LogP contribution is 2.32. The Morgan fingerprint density at radius 2 is 1.91 bits per heavy atom. The lowest BCUT2D eigenvalue weighted by Crippen LogP contribution is -2.20. The van der Waals surface area contributed by atoms with Gasteiger partial charge >= 0.3 is 0 Å². The first-order valence-electron chi connectivity index (χ1n) is 10.2. The number of amides is 2. The molecule has 0 atom stereocenters. The quantitative estimate of drug-likeness (QED) is 0.385. The number of rotatable bonds is 6. The molecule has 0 unspecified atom stereocenters. The molecule has 0 aliphatic carbocycles. The largest absolute Gasteiger partial charge is 0.483 e. The zero-order valence-corrected chi connectivity index (χ0v) is 20.3. The van der Waals surface area contributed by atoms with Crippen molar-refractivity contribution in [2.24, 2.45) is 4.99 Å². The second-order valence-electron chi connectivity index (χ2n) is 7.30. The van der Waals surface area contributed by atoms with Crippen LogP contribution in [0, 0.1) is 6.92 Å². The van der Waals surface area contributed by atoms with Gasteiger partial charge < -0.3 is 15.4 Å². The molecule has 0 aromatic heterocycles. The molecule has 9 heteroatoms. The van der Waals surface area contributed by atoms with Crippen molar-refractivity contribution in [1.29, 1.82) is 0 Å². The third-order valence-electron chi connectivity index (χ3n) is 4.71. The van der Waals surface area contributed by atoms with Crippen molar-refractivity contribution in [3.63, 3.8) is 0 Å². The smallest absolute Gasteiger partial charge is 0.264 e. The number of aryl methyl sites for hydroxylation is 1. The summed E-state index contributed by atoms with van der Waals surface area (Å²) in [6.07, 6.45) is 1.66. The monoisotopic (exact) mass is 511 g/mol. The molecule has 172 valence electrons. The van der Waals surface area contributed by atoms with Crippen LogP contribution in [0.1, 0.15) is 11.1 Å². The molecule has 1 heterocycles. The van der Waals surface area contributed by atoms with E-state index in [9.17, 15) is 9.59 Å². The van der Waals surface area contributed by atoms with Crippen LogP contribution in [0.3, 0.4) is 0 Å². The summed E-state index contributed by atoms with van der Waals surface area (Å²) < 4.78 is 5.73. The summed E-state index contributed by atoms with van der Waals surface area (Å²) in [6.45, 7) is 1.65. The van der Waals surface area contributed by atoms with Crippen LogP contribution in [0.2, 0.25) is 10.0 Å². The van der Waals surface area contributed by atoms with Gasteiger partial charge in [0.05, 0.1) is 10.6 Å². The molecule has 6 nitrogen and oxygen atoms in total. The number of halogens is 2. The van der Waals surface area contributed by atoms with E-state index < -0.39 is 0 Å². The van der Waals surface area contributed by atoms with Gasteiger partial charge in [-0.2, -0.15) is 0 Å². The fourth-order valence-corrected chi connectivity index (χ4v) is 4.21. The summed E-state index contributed by atoms with van der Waals surface area (Å²) in [5.74, 6) is -0.214. The average molecular weight is 512 g/mol. The van der Waals surface area contributed by atoms with Crippen molar-refractivity contribution in [3.05, 3.63) is 92.8 Å². The fraction of sp³-hybridized carbons (Fsp3) is 0.0800. The standard InChI is InChI=1S/C25H19Cl2N3O3S/c1-15-7-9-19(13-20(15)27)28-23(31)14-33-21-10-8-17(26)11-16(21)12-22-24(32)30-25(34-22)29-18-5-3-2-4-6-18/h2-13H,14H2,1H3,(H,28,31)(H,29,30,32)/b22-12-. The van der Waals surface area contributed by atoms with Crippen LogP contribution < -0.4 is 15.4 Å². The molecule has 3 aromatic rings. The van der Waals surface area contributed by atoms with Crippen molar-refractivity contribution < 1.29 is 14.3 Å². The van der Waals surface area contributed by atoms with Gasteiger partial charge in [-0.05, 0) is 72.8 Å². The van der Waals surface area contributed by atoms with Gasteiger partial charge in [0.25, 0.3) is 11.8 Å². The molecule has 0 radical (unpaired) electrons. The number of nitrogens with zero attached hydrogens (tertiary/aromatic N) is 1. The van der Waals surface area contributed by atoms with Crippen molar-refractivity contribution in [2.45, 2.75) is 6.92 Å². The second-order valence-corrected chi connectivity index (χ2v) is 9.17. The number of carbonyl (C=O) groups is 2. The van der Waals surface area contributed by atoms with Gasteiger partial charge in [0.2, 0.25) is 0 Å². The molecule has 4 rings (SSSR count). The maximum absolute atomic E-state index is 12.5. The average Bonchev–Trinajstić information content (AvgIpc) is 3.15. The van der Waals surface area contributed by atoms with Crippen LogP contribution in [-0.2, 0) is 9.59 Å². The SMILES string of the molecule is Cc1ccc(NC(=O)COc2ccc(Cl)cc2/C=C2\SC(=Nc3ccccc3)NC2=O)cc1Cl. The lowest BCUT2D eigenvalue weighted by molar-refractivity contribution is -0.118. The molecule has 1 aliphatic heterocycles. The van der Waals surface area contributed by atoms with Gasteiger partial charge in [0.15, 0.2) is 11.8 Å². The number of amidine groups is 1. The molecule has 0 spiro atoms. The molecule has 0 saturated carbocycles. The lowest BCUT2D eigenvalue weighted by Gasteiger charge is -2.11. The number of ether oxygens (including phenoxy) is 1. The zero-order chi connectivity index (χ0) is 24.1. The highest BCUT2D eigenvalue weighted by atomic mass is 35.5. The number of aliphatic imine (C=N–C) groups is 1. The maximum Gasteiger partial charge on any atom is 0.264 e. The number of nitrogens with one attached hydrogen (secondary N) is 2. The third-order valence-corrected chi connectivity index (χ3v) is 6.26. The van der Waals surface area contributed by atoms with Gasteiger partial charge in [-0.1, -0.05) is 47.5 Å². The molecular formula is C25H19Cl2N3O3S. The van der Waals surface area contributed by atoms with E-state index in [0.29, 0.717) is 37.1 Å². The Hall–Kier alpha value is -3.26. The molecule has 0 bridgehead atoms. The molecule has 1 aliphatic rings. The van der Waals surface area contributed by atoms with E-state index in [4.69, 9.17) is 27.9 Å². The predicted molar refractivity (Wildman–Crippen MR) is 139 cm³/mol. The van der Waals surface area contributed by atoms with Crippen LogP contribution in [0.25, 0.3) is 6.08 Å². The zero-order valence-electron chi connectivity index (χ0n) is 18.0. The Bertz CT molecular complexity index is 1310. The second kappa shape index (κ2) is 10.8. The van der Waals surface area contributed by atoms with Gasteiger partial charge in [0.1, 0.15) is 5.75 Å². The van der Waals surface area contributed by atoms with Crippen molar-refractivity contribution >= 4 is 69.4 Å². The number of anilines is 1. The third kappa shape index (κ3) is 6.20. The number of thioether (sulfide) groups is 1. The Kier molecular flexibility index (Phi) is 7.57. The van der Waals surface area contributed by atoms with E-state index >= 15 is 0 Å². The molecule has 1 saturated heterocycles.